The van der Waals surface area contributed by atoms with Crippen LogP contribution in [-0.4, -0.2) is 40.4 Å². The topological polar surface area (TPSA) is 33.1 Å². The molecule has 0 spiro atoms. The van der Waals surface area contributed by atoms with Gasteiger partial charge in [-0.05, 0) is 62.1 Å². The lowest BCUT2D eigenvalue weighted by Crippen LogP contribution is -2.38. The van der Waals surface area contributed by atoms with E-state index in [9.17, 15) is 0 Å². The lowest BCUT2D eigenvalue weighted by atomic mass is 10.2. The fraction of sp³-hybridized carbons (Fsp3) is 0.800. The number of nitrogens with one attached hydrogen (secondary N) is 1. The number of nitrogens with zero attached hydrogens (tertiary/aromatic N) is 3. The third kappa shape index (κ3) is 3.83. The molecular formula is C15H27BrN4. The Labute approximate surface area is 131 Å². The Morgan fingerprint density at radius 1 is 1.30 bits per heavy atom. The van der Waals surface area contributed by atoms with Crippen LogP contribution < -0.4 is 5.32 Å². The fourth-order valence-electron chi connectivity index (χ4n) is 2.87. The summed E-state index contributed by atoms with van der Waals surface area (Å²) in [5.41, 5.74) is 2.44. The fourth-order valence-corrected chi connectivity index (χ4v) is 3.58. The van der Waals surface area contributed by atoms with Gasteiger partial charge in [-0.25, -0.2) is 0 Å². The van der Waals surface area contributed by atoms with E-state index in [1.807, 2.05) is 0 Å². The maximum absolute atomic E-state index is 4.65. The lowest BCUT2D eigenvalue weighted by molar-refractivity contribution is 0.297. The largest absolute Gasteiger partial charge is 0.307 e. The number of hydrogen-bond acceptors (Lipinski definition) is 3. The highest BCUT2D eigenvalue weighted by atomic mass is 79.9. The van der Waals surface area contributed by atoms with Gasteiger partial charge >= 0.3 is 0 Å². The molecule has 2 heterocycles. The summed E-state index contributed by atoms with van der Waals surface area (Å²) in [7, 11) is 0. The van der Waals surface area contributed by atoms with E-state index < -0.39 is 0 Å². The summed E-state index contributed by atoms with van der Waals surface area (Å²) >= 11 is 3.71. The maximum atomic E-state index is 4.65. The number of rotatable bonds is 7. The zero-order valence-corrected chi connectivity index (χ0v) is 14.5. The molecule has 1 N–H and O–H groups in total. The molecule has 1 aliphatic heterocycles. The van der Waals surface area contributed by atoms with Crippen molar-refractivity contribution >= 4 is 15.9 Å². The van der Waals surface area contributed by atoms with Crippen LogP contribution in [0.3, 0.4) is 0 Å². The number of aromatic nitrogens is 2. The summed E-state index contributed by atoms with van der Waals surface area (Å²) in [6.07, 6.45) is 3.70. The van der Waals surface area contributed by atoms with Crippen LogP contribution in [0.5, 0.6) is 0 Å². The van der Waals surface area contributed by atoms with E-state index in [0.29, 0.717) is 6.04 Å². The zero-order chi connectivity index (χ0) is 14.5. The molecule has 0 radical (unpaired) electrons. The van der Waals surface area contributed by atoms with Gasteiger partial charge in [0.1, 0.15) is 0 Å². The molecule has 20 heavy (non-hydrogen) atoms. The lowest BCUT2D eigenvalue weighted by Gasteiger charge is -2.21. The standard InChI is InChI=1S/C15H27BrN4/c1-4-13-15(16)14(20(5-2)18-13)10-17-12(3)11-19-8-6-7-9-19/h12,17H,4-11H2,1-3H3. The van der Waals surface area contributed by atoms with Crippen LogP contribution >= 0.6 is 15.9 Å². The van der Waals surface area contributed by atoms with Crippen molar-refractivity contribution in [3.63, 3.8) is 0 Å². The van der Waals surface area contributed by atoms with Crippen molar-refractivity contribution in [2.75, 3.05) is 19.6 Å². The molecule has 1 aliphatic rings. The number of aryl methyl sites for hydroxylation is 2. The first-order valence-corrected chi connectivity index (χ1v) is 8.64. The van der Waals surface area contributed by atoms with Crippen LogP contribution in [0.25, 0.3) is 0 Å². The van der Waals surface area contributed by atoms with Crippen molar-refractivity contribution in [3.8, 4) is 0 Å². The van der Waals surface area contributed by atoms with Crippen LogP contribution in [0.4, 0.5) is 0 Å². The van der Waals surface area contributed by atoms with Gasteiger partial charge in [0.15, 0.2) is 0 Å². The predicted molar refractivity (Wildman–Crippen MR) is 87.0 cm³/mol. The third-order valence-electron chi connectivity index (χ3n) is 4.04. The smallest absolute Gasteiger partial charge is 0.0767 e. The molecule has 2 rings (SSSR count). The van der Waals surface area contributed by atoms with Gasteiger partial charge in [-0.3, -0.25) is 4.68 Å². The minimum atomic E-state index is 0.519. The summed E-state index contributed by atoms with van der Waals surface area (Å²) in [6, 6.07) is 0.519. The second-order valence-corrected chi connectivity index (χ2v) is 6.46. The van der Waals surface area contributed by atoms with Gasteiger partial charge < -0.3 is 10.2 Å². The molecule has 114 valence electrons. The Hall–Kier alpha value is -0.390. The van der Waals surface area contributed by atoms with Crippen molar-refractivity contribution in [1.29, 1.82) is 0 Å². The second kappa shape index (κ2) is 7.57. The highest BCUT2D eigenvalue weighted by Gasteiger charge is 2.17. The highest BCUT2D eigenvalue weighted by Crippen LogP contribution is 2.22. The minimum absolute atomic E-state index is 0.519. The first kappa shape index (κ1) is 16.0. The first-order valence-electron chi connectivity index (χ1n) is 7.85. The van der Waals surface area contributed by atoms with E-state index >= 15 is 0 Å². The van der Waals surface area contributed by atoms with E-state index in [1.54, 1.807) is 0 Å². The summed E-state index contributed by atoms with van der Waals surface area (Å²) in [5, 5.41) is 8.29. The van der Waals surface area contributed by atoms with Gasteiger partial charge in [0.2, 0.25) is 0 Å². The molecule has 5 heteroatoms. The molecular weight excluding hydrogens is 316 g/mol. The van der Waals surface area contributed by atoms with Gasteiger partial charge in [-0.15, -0.1) is 0 Å². The molecule has 1 aromatic heterocycles. The molecule has 0 aliphatic carbocycles. The van der Waals surface area contributed by atoms with Crippen LogP contribution in [0, 0.1) is 0 Å². The molecule has 0 bridgehead atoms. The maximum Gasteiger partial charge on any atom is 0.0767 e. The first-order chi connectivity index (χ1) is 9.65. The van der Waals surface area contributed by atoms with Gasteiger partial charge in [0.05, 0.1) is 15.9 Å². The van der Waals surface area contributed by atoms with Gasteiger partial charge in [0, 0.05) is 25.7 Å². The molecule has 1 fully saturated rings. The summed E-state index contributed by atoms with van der Waals surface area (Å²) in [6.45, 7) is 12.1. The van der Waals surface area contributed by atoms with Crippen molar-refractivity contribution in [3.05, 3.63) is 15.9 Å². The predicted octanol–water partition coefficient (Wildman–Crippen LogP) is 2.80. The van der Waals surface area contributed by atoms with E-state index in [4.69, 9.17) is 0 Å². The second-order valence-electron chi connectivity index (χ2n) is 5.67. The van der Waals surface area contributed by atoms with Gasteiger partial charge in [-0.2, -0.15) is 5.10 Å². The minimum Gasteiger partial charge on any atom is -0.307 e. The Morgan fingerprint density at radius 2 is 2.00 bits per heavy atom. The number of hydrogen-bond donors (Lipinski definition) is 1. The molecule has 0 amide bonds. The summed E-state index contributed by atoms with van der Waals surface area (Å²) in [5.74, 6) is 0. The van der Waals surface area contributed by atoms with Crippen molar-refractivity contribution in [2.45, 2.75) is 59.2 Å². The Kier molecular flexibility index (Phi) is 6.05. The number of likely N-dealkylation sites (tertiary alicyclic amines) is 1. The van der Waals surface area contributed by atoms with Crippen molar-refractivity contribution < 1.29 is 0 Å². The highest BCUT2D eigenvalue weighted by molar-refractivity contribution is 9.10. The van der Waals surface area contributed by atoms with E-state index in [1.165, 1.54) is 36.1 Å². The van der Waals surface area contributed by atoms with Gasteiger partial charge in [0.25, 0.3) is 0 Å². The Morgan fingerprint density at radius 3 is 2.60 bits per heavy atom. The van der Waals surface area contributed by atoms with E-state index in [0.717, 1.165) is 31.7 Å². The SMILES string of the molecule is CCc1nn(CC)c(CNC(C)CN2CCCC2)c1Br. The molecule has 1 saturated heterocycles. The average Bonchev–Trinajstić information content (AvgIpc) is 3.04. The monoisotopic (exact) mass is 342 g/mol. The molecule has 1 aromatic rings. The molecule has 4 nitrogen and oxygen atoms in total. The van der Waals surface area contributed by atoms with Crippen LogP contribution in [0.15, 0.2) is 4.47 Å². The van der Waals surface area contributed by atoms with Crippen LogP contribution in [0.2, 0.25) is 0 Å². The average molecular weight is 343 g/mol. The quantitative estimate of drug-likeness (QED) is 0.827. The molecule has 1 atom stereocenters. The number of halogens is 1. The van der Waals surface area contributed by atoms with E-state index in [-0.39, 0.29) is 0 Å². The zero-order valence-electron chi connectivity index (χ0n) is 13.0. The Balaban J connectivity index is 1.90. The van der Waals surface area contributed by atoms with Crippen molar-refractivity contribution in [2.24, 2.45) is 0 Å². The van der Waals surface area contributed by atoms with E-state index in [2.05, 4.69) is 56.7 Å². The molecule has 1 unspecified atom stereocenters. The van der Waals surface area contributed by atoms with Crippen LogP contribution in [-0.2, 0) is 19.5 Å². The summed E-state index contributed by atoms with van der Waals surface area (Å²) < 4.78 is 3.29. The Bertz CT molecular complexity index is 424. The molecule has 0 saturated carbocycles. The van der Waals surface area contributed by atoms with Crippen LogP contribution in [0.1, 0.15) is 45.0 Å². The van der Waals surface area contributed by atoms with Crippen molar-refractivity contribution in [1.82, 2.24) is 20.0 Å². The third-order valence-corrected chi connectivity index (χ3v) is 4.96. The van der Waals surface area contributed by atoms with Gasteiger partial charge in [-0.1, -0.05) is 6.92 Å². The summed E-state index contributed by atoms with van der Waals surface area (Å²) in [4.78, 5) is 2.56. The normalized spacial score (nSPS) is 17.8. The molecule has 0 aromatic carbocycles.